The number of carbonyl (C=O) groups is 1. The summed E-state index contributed by atoms with van der Waals surface area (Å²) in [5, 5.41) is 3.24. The fourth-order valence-corrected chi connectivity index (χ4v) is 1.05. The van der Waals surface area contributed by atoms with Gasteiger partial charge in [0, 0.05) is 13.1 Å². The molecule has 15 heavy (non-hydrogen) atoms. The minimum Gasteiger partial charge on any atom is -0.460 e. The molecule has 0 unspecified atom stereocenters. The van der Waals surface area contributed by atoms with E-state index in [2.05, 4.69) is 26.1 Å². The van der Waals surface area contributed by atoms with Crippen molar-refractivity contribution in [1.29, 1.82) is 0 Å². The topological polar surface area (TPSA) is 38.3 Å². The van der Waals surface area contributed by atoms with Gasteiger partial charge in [-0.15, -0.1) is 0 Å². The van der Waals surface area contributed by atoms with E-state index in [1.165, 1.54) is 0 Å². The Kier molecular flexibility index (Phi) is 5.29. The van der Waals surface area contributed by atoms with E-state index in [4.69, 9.17) is 4.74 Å². The summed E-state index contributed by atoms with van der Waals surface area (Å²) in [6.45, 7) is 13.7. The summed E-state index contributed by atoms with van der Waals surface area (Å²) in [5.74, 6) is -0.135. The second kappa shape index (κ2) is 5.50. The molecule has 0 saturated heterocycles. The molecule has 0 aliphatic carbocycles. The summed E-state index contributed by atoms with van der Waals surface area (Å²) in [6.07, 6.45) is 0.438. The summed E-state index contributed by atoms with van der Waals surface area (Å²) >= 11 is 0. The Hall–Kier alpha value is -0.570. The summed E-state index contributed by atoms with van der Waals surface area (Å²) < 4.78 is 5.19. The molecule has 0 amide bonds. The molecule has 0 aromatic carbocycles. The van der Waals surface area contributed by atoms with E-state index in [0.717, 1.165) is 6.54 Å². The van der Waals surface area contributed by atoms with Gasteiger partial charge in [0.15, 0.2) is 0 Å². The van der Waals surface area contributed by atoms with Gasteiger partial charge >= 0.3 is 5.97 Å². The van der Waals surface area contributed by atoms with Gasteiger partial charge in [0.2, 0.25) is 0 Å². The van der Waals surface area contributed by atoms with Crippen LogP contribution in [0.5, 0.6) is 0 Å². The molecule has 0 aromatic rings. The molecule has 0 aliphatic rings. The zero-order valence-electron chi connectivity index (χ0n) is 10.9. The van der Waals surface area contributed by atoms with E-state index in [0.29, 0.717) is 13.0 Å². The maximum Gasteiger partial charge on any atom is 0.307 e. The van der Waals surface area contributed by atoms with Crippen LogP contribution in [0.4, 0.5) is 0 Å². The van der Waals surface area contributed by atoms with Gasteiger partial charge in [-0.05, 0) is 26.2 Å². The fourth-order valence-electron chi connectivity index (χ4n) is 1.05. The van der Waals surface area contributed by atoms with Crippen LogP contribution in [0.25, 0.3) is 0 Å². The molecule has 0 aromatic heterocycles. The quantitative estimate of drug-likeness (QED) is 0.578. The molecule has 1 N–H and O–H groups in total. The van der Waals surface area contributed by atoms with Crippen LogP contribution in [0.1, 0.15) is 48.0 Å². The van der Waals surface area contributed by atoms with Crippen molar-refractivity contribution in [3.05, 3.63) is 0 Å². The summed E-state index contributed by atoms with van der Waals surface area (Å²) in [7, 11) is 0. The maximum atomic E-state index is 11.3. The molecule has 0 atom stereocenters. The molecule has 0 heterocycles. The summed E-state index contributed by atoms with van der Waals surface area (Å²) in [5.41, 5.74) is -0.116. The van der Waals surface area contributed by atoms with Gasteiger partial charge in [0.05, 0.1) is 6.42 Å². The van der Waals surface area contributed by atoms with Gasteiger partial charge in [-0.3, -0.25) is 4.79 Å². The van der Waals surface area contributed by atoms with Gasteiger partial charge in [0.25, 0.3) is 0 Å². The third-order valence-electron chi connectivity index (χ3n) is 1.58. The molecular weight excluding hydrogens is 190 g/mol. The van der Waals surface area contributed by atoms with Gasteiger partial charge < -0.3 is 10.1 Å². The van der Waals surface area contributed by atoms with Gasteiger partial charge in [-0.25, -0.2) is 0 Å². The van der Waals surface area contributed by atoms with E-state index < -0.39 is 0 Å². The normalized spacial score (nSPS) is 12.7. The molecular formula is C12H25NO2. The average molecular weight is 215 g/mol. The highest BCUT2D eigenvalue weighted by Gasteiger charge is 2.16. The number of nitrogens with one attached hydrogen (secondary N) is 1. The van der Waals surface area contributed by atoms with Crippen molar-refractivity contribution in [2.75, 3.05) is 13.1 Å². The highest BCUT2D eigenvalue weighted by Crippen LogP contribution is 2.10. The predicted octanol–water partition coefficient (Wildman–Crippen LogP) is 2.35. The highest BCUT2D eigenvalue weighted by atomic mass is 16.6. The molecule has 3 nitrogen and oxygen atoms in total. The third-order valence-corrected chi connectivity index (χ3v) is 1.58. The van der Waals surface area contributed by atoms with E-state index in [1.807, 2.05) is 20.8 Å². The first-order valence-corrected chi connectivity index (χ1v) is 5.53. The molecule has 0 radical (unpaired) electrons. The van der Waals surface area contributed by atoms with E-state index >= 15 is 0 Å². The fraction of sp³-hybridized carbons (Fsp3) is 0.917. The zero-order valence-corrected chi connectivity index (χ0v) is 10.9. The van der Waals surface area contributed by atoms with Crippen LogP contribution in [-0.4, -0.2) is 24.7 Å². The first kappa shape index (κ1) is 14.4. The van der Waals surface area contributed by atoms with Crippen molar-refractivity contribution in [3.8, 4) is 0 Å². The van der Waals surface area contributed by atoms with Crippen molar-refractivity contribution < 1.29 is 9.53 Å². The van der Waals surface area contributed by atoms with Gasteiger partial charge in [0.1, 0.15) is 5.60 Å². The van der Waals surface area contributed by atoms with Crippen molar-refractivity contribution >= 4 is 5.97 Å². The number of ether oxygens (including phenoxy) is 1. The Balaban J connectivity index is 3.57. The zero-order chi connectivity index (χ0) is 12.1. The van der Waals surface area contributed by atoms with Crippen LogP contribution in [0.3, 0.4) is 0 Å². The maximum absolute atomic E-state index is 11.3. The molecule has 3 heteroatoms. The molecule has 0 spiro atoms. The Morgan fingerprint density at radius 1 is 1.13 bits per heavy atom. The molecule has 0 fully saturated rings. The smallest absolute Gasteiger partial charge is 0.307 e. The summed E-state index contributed by atoms with van der Waals surface area (Å²) in [4.78, 5) is 11.3. The largest absolute Gasteiger partial charge is 0.460 e. The number of rotatable bonds is 4. The Bertz CT molecular complexity index is 199. The number of esters is 1. The average Bonchev–Trinajstić information content (AvgIpc) is 1.92. The Morgan fingerprint density at radius 2 is 1.67 bits per heavy atom. The predicted molar refractivity (Wildman–Crippen MR) is 62.8 cm³/mol. The lowest BCUT2D eigenvalue weighted by atomic mass is 9.97. The third kappa shape index (κ3) is 11.4. The Morgan fingerprint density at radius 3 is 2.07 bits per heavy atom. The minimum absolute atomic E-state index is 0.135. The van der Waals surface area contributed by atoms with Crippen molar-refractivity contribution in [1.82, 2.24) is 5.32 Å². The second-order valence-electron chi connectivity index (χ2n) is 6.07. The van der Waals surface area contributed by atoms with Crippen molar-refractivity contribution in [3.63, 3.8) is 0 Å². The van der Waals surface area contributed by atoms with Crippen molar-refractivity contribution in [2.45, 2.75) is 53.6 Å². The molecule has 0 aliphatic heterocycles. The monoisotopic (exact) mass is 215 g/mol. The second-order valence-corrected chi connectivity index (χ2v) is 6.07. The van der Waals surface area contributed by atoms with Crippen LogP contribution >= 0.6 is 0 Å². The minimum atomic E-state index is -0.374. The highest BCUT2D eigenvalue weighted by molar-refractivity contribution is 5.70. The first-order valence-electron chi connectivity index (χ1n) is 5.53. The molecule has 0 bridgehead atoms. The number of carbonyl (C=O) groups excluding carboxylic acids is 1. The number of hydrogen-bond donors (Lipinski definition) is 1. The van der Waals surface area contributed by atoms with Crippen LogP contribution in [0.15, 0.2) is 0 Å². The van der Waals surface area contributed by atoms with Crippen LogP contribution < -0.4 is 5.32 Å². The molecule has 0 saturated carbocycles. The lowest BCUT2D eigenvalue weighted by molar-refractivity contribution is -0.154. The molecule has 0 rings (SSSR count). The molecule has 90 valence electrons. The van der Waals surface area contributed by atoms with Gasteiger partial charge in [-0.1, -0.05) is 20.8 Å². The first-order chi connectivity index (χ1) is 6.60. The van der Waals surface area contributed by atoms with E-state index in [9.17, 15) is 4.79 Å². The van der Waals surface area contributed by atoms with Crippen LogP contribution in [-0.2, 0) is 9.53 Å². The Labute approximate surface area is 93.6 Å². The van der Waals surface area contributed by atoms with E-state index in [1.54, 1.807) is 0 Å². The van der Waals surface area contributed by atoms with Crippen LogP contribution in [0.2, 0.25) is 0 Å². The van der Waals surface area contributed by atoms with E-state index in [-0.39, 0.29) is 17.0 Å². The standard InChI is InChI=1S/C12H25NO2/c1-11(2,3)9-13-8-7-10(14)15-12(4,5)6/h13H,7-9H2,1-6H3. The SMILES string of the molecule is CC(C)(C)CNCCC(=O)OC(C)(C)C. The lowest BCUT2D eigenvalue weighted by Gasteiger charge is -2.21. The van der Waals surface area contributed by atoms with Gasteiger partial charge in [-0.2, -0.15) is 0 Å². The van der Waals surface area contributed by atoms with Crippen LogP contribution in [0, 0.1) is 5.41 Å². The number of hydrogen-bond acceptors (Lipinski definition) is 3. The lowest BCUT2D eigenvalue weighted by Crippen LogP contribution is -2.30. The van der Waals surface area contributed by atoms with Crippen molar-refractivity contribution in [2.24, 2.45) is 5.41 Å². The summed E-state index contributed by atoms with van der Waals surface area (Å²) in [6, 6.07) is 0.